The van der Waals surface area contributed by atoms with Crippen molar-refractivity contribution in [3.8, 4) is 17.0 Å². The van der Waals surface area contributed by atoms with Gasteiger partial charge in [0, 0.05) is 62.1 Å². The fraction of sp³-hybridized carbons (Fsp3) is 0.250. The third kappa shape index (κ3) is 7.16. The Kier molecular flexibility index (Phi) is 9.13. The van der Waals surface area contributed by atoms with E-state index in [4.69, 9.17) is 9.72 Å². The summed E-state index contributed by atoms with van der Waals surface area (Å²) in [6.45, 7) is 3.45. The van der Waals surface area contributed by atoms with Crippen LogP contribution in [0.5, 0.6) is 5.75 Å². The molecule has 0 bridgehead atoms. The van der Waals surface area contributed by atoms with E-state index in [0.717, 1.165) is 22.5 Å². The fourth-order valence-electron chi connectivity index (χ4n) is 4.83. The van der Waals surface area contributed by atoms with Gasteiger partial charge in [-0.25, -0.2) is 14.9 Å². The van der Waals surface area contributed by atoms with Crippen LogP contribution in [0.2, 0.25) is 0 Å². The molecule has 2 aromatic heterocycles. The first-order valence-electron chi connectivity index (χ1n) is 13.4. The van der Waals surface area contributed by atoms with E-state index in [2.05, 4.69) is 22.2 Å². The van der Waals surface area contributed by atoms with Gasteiger partial charge in [-0.05, 0) is 24.3 Å². The van der Waals surface area contributed by atoms with E-state index in [1.807, 2.05) is 48.1 Å². The van der Waals surface area contributed by atoms with Crippen LogP contribution in [0.3, 0.4) is 0 Å². The number of nitrogens with zero attached hydrogens (tertiary/aromatic N) is 5. The number of anilines is 4. The molecule has 0 atom stereocenters. The van der Waals surface area contributed by atoms with Gasteiger partial charge in [-0.2, -0.15) is 0 Å². The molecule has 224 valence electrons. The molecule has 0 saturated carbocycles. The molecule has 13 nitrogen and oxygen atoms in total. The molecule has 0 radical (unpaired) electrons. The van der Waals surface area contributed by atoms with Crippen LogP contribution in [0.25, 0.3) is 22.2 Å². The number of nitrogens with one attached hydrogen (secondary N) is 2. The lowest BCUT2D eigenvalue weighted by atomic mass is 9.72. The number of rotatable bonds is 12. The van der Waals surface area contributed by atoms with E-state index >= 15 is 0 Å². The highest BCUT2D eigenvalue weighted by Gasteiger charge is 2.39. The average Bonchev–Trinajstić information content (AvgIpc) is 3.28. The lowest BCUT2D eigenvalue weighted by molar-refractivity contribution is -0.410. The van der Waals surface area contributed by atoms with Gasteiger partial charge in [-0.1, -0.05) is 24.8 Å². The quantitative estimate of drug-likeness (QED) is 0.0732. The summed E-state index contributed by atoms with van der Waals surface area (Å²) in [6.07, 6.45) is 1.54. The van der Waals surface area contributed by atoms with Crippen molar-refractivity contribution in [3.63, 3.8) is 0 Å². The third-order valence-corrected chi connectivity index (χ3v) is 6.93. The molecule has 0 fully saturated rings. The molecular weight excluding hydrogens is 552 g/mol. The normalized spacial score (nSPS) is 11.9. The van der Waals surface area contributed by atoms with Gasteiger partial charge in [0.25, 0.3) is 0 Å². The van der Waals surface area contributed by atoms with Crippen molar-refractivity contribution in [1.29, 1.82) is 0 Å². The maximum atomic E-state index is 12.4. The molecule has 4 rings (SSSR count). The molecule has 0 aliphatic rings. The second-order valence-electron chi connectivity index (χ2n) is 10.5. The predicted octanol–water partition coefficient (Wildman–Crippen LogP) is -0.292. The topological polar surface area (TPSA) is 168 Å². The smallest absolute Gasteiger partial charge is 0.346 e. The minimum Gasteiger partial charge on any atom is -0.494 e. The second kappa shape index (κ2) is 12.5. The maximum absolute atomic E-state index is 12.4. The SMILES string of the molecule is BC(B)(O)N(CCN(C)c1cc(OC)c(Nc2nccc(-c3cn(C)c4ccccc34)n2)cc1NC(=O)C=C)C(O)(O)O. The van der Waals surface area contributed by atoms with Gasteiger partial charge in [0.2, 0.25) is 11.9 Å². The van der Waals surface area contributed by atoms with E-state index in [-0.39, 0.29) is 13.1 Å². The van der Waals surface area contributed by atoms with E-state index in [1.165, 1.54) is 22.8 Å². The summed E-state index contributed by atoms with van der Waals surface area (Å²) in [5.74, 6) is 0.243. The molecule has 0 aliphatic heterocycles. The standard InChI is InChI=1S/C28H35B2N7O6/c1-5-25(38)32-20-14-21(24(43-4)15-23(20)35(2)12-13-37(27(29,30)39)28(40,41)42)34-26-31-11-10-19(33-26)18-16-36(3)22-9-7-6-8-17(18)22/h5-11,14-16,39-42H,1,12-13,29-30H2,2-4H3,(H,32,38)(H,31,33,34). The van der Waals surface area contributed by atoms with Crippen molar-refractivity contribution in [3.05, 3.63) is 67.5 Å². The molecular formula is C28H35B2N7O6. The lowest BCUT2D eigenvalue weighted by Gasteiger charge is -2.40. The Morgan fingerprint density at radius 3 is 2.51 bits per heavy atom. The lowest BCUT2D eigenvalue weighted by Crippen LogP contribution is -2.63. The Balaban J connectivity index is 1.68. The van der Waals surface area contributed by atoms with E-state index in [0.29, 0.717) is 39.4 Å². The number of aromatic nitrogens is 3. The van der Waals surface area contributed by atoms with Crippen LogP contribution >= 0.6 is 0 Å². The first-order chi connectivity index (χ1) is 20.2. The van der Waals surface area contributed by atoms with Gasteiger partial charge < -0.3 is 45.3 Å². The highest BCUT2D eigenvalue weighted by Crippen LogP contribution is 2.38. The Labute approximate surface area is 250 Å². The first-order valence-corrected chi connectivity index (χ1v) is 13.4. The van der Waals surface area contributed by atoms with Crippen molar-refractivity contribution in [2.45, 2.75) is 11.6 Å². The van der Waals surface area contributed by atoms with Crippen LogP contribution < -0.4 is 20.3 Å². The van der Waals surface area contributed by atoms with Gasteiger partial charge in [0.15, 0.2) is 15.7 Å². The monoisotopic (exact) mass is 587 g/mol. The number of aliphatic hydroxyl groups is 4. The van der Waals surface area contributed by atoms with Crippen LogP contribution in [0, 0.1) is 0 Å². The van der Waals surface area contributed by atoms with Crippen molar-refractivity contribution in [2.24, 2.45) is 7.05 Å². The van der Waals surface area contributed by atoms with Gasteiger partial charge in [-0.3, -0.25) is 4.79 Å². The zero-order valence-electron chi connectivity index (χ0n) is 24.7. The average molecular weight is 587 g/mol. The van der Waals surface area contributed by atoms with Crippen molar-refractivity contribution >= 4 is 55.5 Å². The Morgan fingerprint density at radius 1 is 1.14 bits per heavy atom. The minimum absolute atomic E-state index is 0.0937. The van der Waals surface area contributed by atoms with Gasteiger partial charge >= 0.3 is 6.10 Å². The molecule has 15 heteroatoms. The molecule has 2 heterocycles. The summed E-state index contributed by atoms with van der Waals surface area (Å²) in [7, 11) is 7.78. The van der Waals surface area contributed by atoms with Crippen LogP contribution in [0.15, 0.2) is 67.5 Å². The number of amides is 1. The second-order valence-corrected chi connectivity index (χ2v) is 10.5. The van der Waals surface area contributed by atoms with E-state index in [9.17, 15) is 25.2 Å². The summed E-state index contributed by atoms with van der Waals surface area (Å²) in [6, 6.07) is 13.2. The van der Waals surface area contributed by atoms with Crippen molar-refractivity contribution in [1.82, 2.24) is 19.4 Å². The van der Waals surface area contributed by atoms with Gasteiger partial charge in [0.1, 0.15) is 5.75 Å². The number of carbonyl (C=O) groups is 1. The number of carbonyl (C=O) groups excluding carboxylic acids is 1. The molecule has 0 spiro atoms. The molecule has 0 saturated heterocycles. The predicted molar refractivity (Wildman–Crippen MR) is 170 cm³/mol. The molecule has 2 aromatic carbocycles. The molecule has 4 aromatic rings. The van der Waals surface area contributed by atoms with Crippen LogP contribution in [0.1, 0.15) is 0 Å². The summed E-state index contributed by atoms with van der Waals surface area (Å²) in [5.41, 5.74) is 2.32. The molecule has 43 heavy (non-hydrogen) atoms. The highest BCUT2D eigenvalue weighted by atomic mass is 16.7. The molecule has 1 amide bonds. The first kappa shape index (κ1) is 31.5. The zero-order valence-corrected chi connectivity index (χ0v) is 24.7. The Morgan fingerprint density at radius 2 is 1.86 bits per heavy atom. The van der Waals surface area contributed by atoms with Gasteiger partial charge in [-0.15, -0.1) is 0 Å². The number of hydrogen-bond acceptors (Lipinski definition) is 11. The van der Waals surface area contributed by atoms with E-state index < -0.39 is 17.5 Å². The minimum atomic E-state index is -3.26. The Hall–Kier alpha value is -4.40. The number of fused-ring (bicyclic) bond motifs is 1. The number of benzene rings is 2. The molecule has 6 N–H and O–H groups in total. The van der Waals surface area contributed by atoms with Crippen LogP contribution in [-0.4, -0.2) is 100 Å². The summed E-state index contributed by atoms with van der Waals surface area (Å²) >= 11 is 0. The zero-order chi connectivity index (χ0) is 31.5. The summed E-state index contributed by atoms with van der Waals surface area (Å²) in [5, 5.41) is 46.6. The number of likely N-dealkylation sites (N-methyl/N-ethyl adjacent to an activating group) is 1. The summed E-state index contributed by atoms with van der Waals surface area (Å²) in [4.78, 5) is 23.9. The molecule has 0 aliphatic carbocycles. The van der Waals surface area contributed by atoms with E-state index in [1.54, 1.807) is 30.3 Å². The number of aryl methyl sites for hydroxylation is 1. The Bertz CT molecular complexity index is 1620. The van der Waals surface area contributed by atoms with Crippen molar-refractivity contribution in [2.75, 3.05) is 42.8 Å². The molecule has 0 unspecified atom stereocenters. The number of ether oxygens (including phenoxy) is 1. The largest absolute Gasteiger partial charge is 0.494 e. The fourth-order valence-corrected chi connectivity index (χ4v) is 4.83. The third-order valence-electron chi connectivity index (χ3n) is 6.93. The number of hydrogen-bond donors (Lipinski definition) is 6. The van der Waals surface area contributed by atoms with Gasteiger partial charge in [0.05, 0.1) is 35.4 Å². The van der Waals surface area contributed by atoms with Crippen molar-refractivity contribution < 1.29 is 30.0 Å². The summed E-state index contributed by atoms with van der Waals surface area (Å²) < 4.78 is 7.69. The number of para-hydroxylation sites is 1. The maximum Gasteiger partial charge on any atom is 0.346 e. The van der Waals surface area contributed by atoms with Crippen LogP contribution in [-0.2, 0) is 11.8 Å². The van der Waals surface area contributed by atoms with Crippen LogP contribution in [0.4, 0.5) is 23.0 Å². The highest BCUT2D eigenvalue weighted by molar-refractivity contribution is 6.38. The number of methoxy groups -OCH3 is 1.